The molecule has 1 unspecified atom stereocenters. The predicted octanol–water partition coefficient (Wildman–Crippen LogP) is 2.48. The summed E-state index contributed by atoms with van der Waals surface area (Å²) in [6.45, 7) is 4.15. The number of aliphatic carboxylic acids is 1. The fraction of sp³-hybridized carbons (Fsp3) is 0.462. The van der Waals surface area contributed by atoms with E-state index in [1.54, 1.807) is 19.2 Å². The number of anilines is 1. The third-order valence-corrected chi connectivity index (χ3v) is 4.58. The van der Waals surface area contributed by atoms with Gasteiger partial charge in [0.1, 0.15) is 0 Å². The molecule has 1 atom stereocenters. The summed E-state index contributed by atoms with van der Waals surface area (Å²) >= 11 is 3.37. The van der Waals surface area contributed by atoms with Crippen LogP contribution in [0.5, 0.6) is 0 Å². The van der Waals surface area contributed by atoms with Gasteiger partial charge in [-0.15, -0.1) is 0 Å². The maximum absolute atomic E-state index is 12.2. The van der Waals surface area contributed by atoms with E-state index in [0.717, 1.165) is 10.2 Å². The van der Waals surface area contributed by atoms with Crippen LogP contribution in [0.1, 0.15) is 19.0 Å². The number of amides is 2. The zero-order chi connectivity index (χ0) is 14.9. The number of aromatic nitrogens is 1. The fourth-order valence-corrected chi connectivity index (χ4v) is 2.48. The Labute approximate surface area is 125 Å². The Bertz CT molecular complexity index is 564. The van der Waals surface area contributed by atoms with Crippen LogP contribution in [0.4, 0.5) is 10.5 Å². The minimum Gasteiger partial charge on any atom is -0.481 e. The number of hydrogen-bond donors (Lipinski definition) is 2. The third kappa shape index (κ3) is 2.77. The van der Waals surface area contributed by atoms with Crippen LogP contribution in [0, 0.1) is 12.3 Å². The van der Waals surface area contributed by atoms with Crippen LogP contribution >= 0.6 is 15.9 Å². The van der Waals surface area contributed by atoms with Crippen LogP contribution in [-0.4, -0.2) is 40.1 Å². The number of carboxylic acid groups (broad SMARTS) is 1. The summed E-state index contributed by atoms with van der Waals surface area (Å²) in [6.07, 6.45) is 2.08. The lowest BCUT2D eigenvalue weighted by atomic mass is 9.90. The largest absolute Gasteiger partial charge is 0.481 e. The maximum atomic E-state index is 12.2. The van der Waals surface area contributed by atoms with Gasteiger partial charge in [0, 0.05) is 19.3 Å². The Balaban J connectivity index is 2.07. The summed E-state index contributed by atoms with van der Waals surface area (Å²) in [5.41, 5.74) is 0.550. The molecule has 2 heterocycles. The van der Waals surface area contributed by atoms with E-state index in [-0.39, 0.29) is 12.6 Å². The number of nitrogens with one attached hydrogen (secondary N) is 1. The first-order valence-electron chi connectivity index (χ1n) is 6.24. The van der Waals surface area contributed by atoms with Gasteiger partial charge in [0.2, 0.25) is 0 Å². The lowest BCUT2D eigenvalue weighted by molar-refractivity contribution is -0.146. The highest BCUT2D eigenvalue weighted by Crippen LogP contribution is 2.31. The molecule has 20 heavy (non-hydrogen) atoms. The van der Waals surface area contributed by atoms with E-state index >= 15 is 0 Å². The van der Waals surface area contributed by atoms with Crippen LogP contribution in [0.3, 0.4) is 0 Å². The highest BCUT2D eigenvalue weighted by molar-refractivity contribution is 9.10. The number of pyridine rings is 1. The quantitative estimate of drug-likeness (QED) is 0.865. The van der Waals surface area contributed by atoms with Gasteiger partial charge in [-0.25, -0.2) is 4.79 Å². The van der Waals surface area contributed by atoms with Crippen molar-refractivity contribution < 1.29 is 14.7 Å². The summed E-state index contributed by atoms with van der Waals surface area (Å²) < 4.78 is 0.730. The fourth-order valence-electron chi connectivity index (χ4n) is 2.15. The lowest BCUT2D eigenvalue weighted by Crippen LogP contribution is -2.37. The molecule has 2 N–H and O–H groups in total. The first kappa shape index (κ1) is 14.8. The van der Waals surface area contributed by atoms with Crippen LogP contribution in [0.25, 0.3) is 0 Å². The number of carbonyl (C=O) groups is 2. The van der Waals surface area contributed by atoms with Crippen molar-refractivity contribution in [1.82, 2.24) is 9.88 Å². The number of hydrogen-bond acceptors (Lipinski definition) is 3. The molecular formula is C13H16BrN3O3. The molecule has 7 heteroatoms. The molecule has 1 saturated heterocycles. The number of rotatable bonds is 2. The van der Waals surface area contributed by atoms with Gasteiger partial charge in [0.25, 0.3) is 0 Å². The van der Waals surface area contributed by atoms with Crippen LogP contribution in [0.15, 0.2) is 16.7 Å². The van der Waals surface area contributed by atoms with E-state index in [1.807, 2.05) is 6.92 Å². The van der Waals surface area contributed by atoms with E-state index in [1.165, 1.54) is 4.90 Å². The molecule has 1 aromatic heterocycles. The van der Waals surface area contributed by atoms with Crippen LogP contribution < -0.4 is 5.32 Å². The standard InChI is InChI=1S/C13H16BrN3O3/c1-8-10(14)9(3-5-15-8)16-12(20)17-6-4-13(2,7-17)11(18)19/h3,5H,4,6-7H2,1-2H3,(H,18,19)(H,15,16,20). The first-order valence-corrected chi connectivity index (χ1v) is 7.03. The summed E-state index contributed by atoms with van der Waals surface area (Å²) in [7, 11) is 0. The first-order chi connectivity index (χ1) is 9.33. The summed E-state index contributed by atoms with van der Waals surface area (Å²) in [5, 5.41) is 11.9. The van der Waals surface area contributed by atoms with E-state index in [9.17, 15) is 9.59 Å². The number of carboxylic acids is 1. The Hall–Kier alpha value is -1.63. The highest BCUT2D eigenvalue weighted by Gasteiger charge is 2.42. The molecule has 2 amide bonds. The van der Waals surface area contributed by atoms with E-state index in [4.69, 9.17) is 5.11 Å². The highest BCUT2D eigenvalue weighted by atomic mass is 79.9. The molecule has 0 aromatic carbocycles. The lowest BCUT2D eigenvalue weighted by Gasteiger charge is -2.21. The minimum atomic E-state index is -0.867. The SMILES string of the molecule is Cc1nccc(NC(=O)N2CCC(C)(C(=O)O)C2)c1Br. The van der Waals surface area contributed by atoms with Gasteiger partial charge < -0.3 is 15.3 Å². The molecule has 6 nitrogen and oxygen atoms in total. The average Bonchev–Trinajstić information content (AvgIpc) is 2.79. The van der Waals surface area contributed by atoms with Crippen molar-refractivity contribution in [2.45, 2.75) is 20.3 Å². The molecule has 108 valence electrons. The number of halogens is 1. The van der Waals surface area contributed by atoms with Gasteiger partial charge in [-0.05, 0) is 42.3 Å². The second-order valence-electron chi connectivity index (χ2n) is 5.23. The molecule has 0 aliphatic carbocycles. The Morgan fingerprint density at radius 2 is 2.25 bits per heavy atom. The number of nitrogens with zero attached hydrogens (tertiary/aromatic N) is 2. The molecular weight excluding hydrogens is 326 g/mol. The molecule has 0 spiro atoms. The van der Waals surface area contributed by atoms with Crippen molar-refractivity contribution in [3.8, 4) is 0 Å². The topological polar surface area (TPSA) is 82.5 Å². The zero-order valence-electron chi connectivity index (χ0n) is 11.3. The average molecular weight is 342 g/mol. The number of urea groups is 1. The van der Waals surface area contributed by atoms with E-state index < -0.39 is 11.4 Å². The molecule has 1 aliphatic heterocycles. The molecule has 1 aromatic rings. The second kappa shape index (κ2) is 5.40. The van der Waals surface area contributed by atoms with E-state index in [2.05, 4.69) is 26.2 Å². The van der Waals surface area contributed by atoms with Crippen LogP contribution in [0.2, 0.25) is 0 Å². The zero-order valence-corrected chi connectivity index (χ0v) is 12.9. The van der Waals surface area contributed by atoms with Gasteiger partial charge in [0.15, 0.2) is 0 Å². The predicted molar refractivity (Wildman–Crippen MR) is 77.6 cm³/mol. The Kier molecular flexibility index (Phi) is 3.99. The Morgan fingerprint density at radius 3 is 2.85 bits per heavy atom. The van der Waals surface area contributed by atoms with Gasteiger partial charge in [-0.1, -0.05) is 0 Å². The smallest absolute Gasteiger partial charge is 0.321 e. The molecule has 0 saturated carbocycles. The van der Waals surface area contributed by atoms with Crippen molar-refractivity contribution >= 4 is 33.6 Å². The van der Waals surface area contributed by atoms with Crippen molar-refractivity contribution in [3.63, 3.8) is 0 Å². The summed E-state index contributed by atoms with van der Waals surface area (Å²) in [6, 6.07) is 1.41. The minimum absolute atomic E-state index is 0.218. The number of likely N-dealkylation sites (tertiary alicyclic amines) is 1. The molecule has 0 radical (unpaired) electrons. The number of carbonyl (C=O) groups excluding carboxylic acids is 1. The molecule has 1 aliphatic rings. The molecule has 0 bridgehead atoms. The number of aryl methyl sites for hydroxylation is 1. The van der Waals surface area contributed by atoms with Crippen molar-refractivity contribution in [3.05, 3.63) is 22.4 Å². The Morgan fingerprint density at radius 1 is 1.55 bits per heavy atom. The summed E-state index contributed by atoms with van der Waals surface area (Å²) in [5.74, 6) is -0.867. The molecule has 2 rings (SSSR count). The van der Waals surface area contributed by atoms with E-state index in [0.29, 0.717) is 18.7 Å². The third-order valence-electron chi connectivity index (χ3n) is 3.58. The van der Waals surface area contributed by atoms with Crippen molar-refractivity contribution in [1.29, 1.82) is 0 Å². The second-order valence-corrected chi connectivity index (χ2v) is 6.02. The van der Waals surface area contributed by atoms with Crippen molar-refractivity contribution in [2.75, 3.05) is 18.4 Å². The van der Waals surface area contributed by atoms with Gasteiger partial charge in [-0.3, -0.25) is 9.78 Å². The van der Waals surface area contributed by atoms with Crippen molar-refractivity contribution in [2.24, 2.45) is 5.41 Å². The monoisotopic (exact) mass is 341 g/mol. The van der Waals surface area contributed by atoms with Gasteiger partial charge >= 0.3 is 12.0 Å². The van der Waals surface area contributed by atoms with Gasteiger partial charge in [0.05, 0.1) is 21.3 Å². The summed E-state index contributed by atoms with van der Waals surface area (Å²) in [4.78, 5) is 29.0. The van der Waals surface area contributed by atoms with Crippen LogP contribution in [-0.2, 0) is 4.79 Å². The molecule has 1 fully saturated rings. The normalized spacial score (nSPS) is 21.9. The van der Waals surface area contributed by atoms with Gasteiger partial charge in [-0.2, -0.15) is 0 Å². The maximum Gasteiger partial charge on any atom is 0.321 e.